The number of hydrogen-bond acceptors (Lipinski definition) is 2. The van der Waals surface area contributed by atoms with Crippen LogP contribution in [0, 0.1) is 5.92 Å². The summed E-state index contributed by atoms with van der Waals surface area (Å²) in [6.45, 7) is 3.43. The summed E-state index contributed by atoms with van der Waals surface area (Å²) in [6, 6.07) is 8.87. The quantitative estimate of drug-likeness (QED) is 0.900. The molecule has 1 aromatic rings. The molecule has 3 nitrogen and oxygen atoms in total. The molecule has 2 rings (SSSR count). The van der Waals surface area contributed by atoms with Gasteiger partial charge in [-0.1, -0.05) is 50.6 Å². The fourth-order valence-electron chi connectivity index (χ4n) is 2.54. The van der Waals surface area contributed by atoms with E-state index in [4.69, 9.17) is 0 Å². The van der Waals surface area contributed by atoms with E-state index in [1.165, 1.54) is 4.90 Å². The van der Waals surface area contributed by atoms with Crippen molar-refractivity contribution in [1.82, 2.24) is 10.2 Å². The van der Waals surface area contributed by atoms with Gasteiger partial charge in [0.1, 0.15) is 6.17 Å². The number of nitrogens with zero attached hydrogens (tertiary/aromatic N) is 1. The molecule has 1 heterocycles. The number of alkyl halides is 2. The van der Waals surface area contributed by atoms with E-state index in [1.807, 2.05) is 44.2 Å². The molecule has 1 aliphatic rings. The highest BCUT2D eigenvalue weighted by atomic mass is 19.3. The third-order valence-electron chi connectivity index (χ3n) is 3.86. The molecule has 0 aromatic heterocycles. The monoisotopic (exact) mass is 282 g/mol. The van der Waals surface area contributed by atoms with Crippen LogP contribution in [0.15, 0.2) is 30.3 Å². The Kier molecular flexibility index (Phi) is 4.70. The SMILES string of the molecule is CCC(C)C1NC(c2ccccc2)N(CC(F)F)C1=O. The van der Waals surface area contributed by atoms with Gasteiger partial charge >= 0.3 is 0 Å². The van der Waals surface area contributed by atoms with Gasteiger partial charge in [-0.25, -0.2) is 8.78 Å². The summed E-state index contributed by atoms with van der Waals surface area (Å²) in [5.74, 6) is -0.107. The molecular weight excluding hydrogens is 262 g/mol. The highest BCUT2D eigenvalue weighted by molar-refractivity contribution is 5.85. The highest BCUT2D eigenvalue weighted by Gasteiger charge is 2.42. The van der Waals surface area contributed by atoms with Crippen molar-refractivity contribution in [2.45, 2.75) is 38.9 Å². The fourth-order valence-corrected chi connectivity index (χ4v) is 2.54. The topological polar surface area (TPSA) is 32.3 Å². The second-order valence-electron chi connectivity index (χ2n) is 5.22. The molecule has 110 valence electrons. The largest absolute Gasteiger partial charge is 0.316 e. The van der Waals surface area contributed by atoms with Gasteiger partial charge in [0.2, 0.25) is 5.91 Å². The van der Waals surface area contributed by atoms with Crippen LogP contribution in [0.1, 0.15) is 32.0 Å². The zero-order chi connectivity index (χ0) is 14.7. The van der Waals surface area contributed by atoms with Gasteiger partial charge in [-0.3, -0.25) is 10.1 Å². The first-order valence-corrected chi connectivity index (χ1v) is 6.94. The number of carbonyl (C=O) groups is 1. The molecule has 0 radical (unpaired) electrons. The molecule has 0 spiro atoms. The molecule has 5 heteroatoms. The van der Waals surface area contributed by atoms with Crippen LogP contribution >= 0.6 is 0 Å². The predicted octanol–water partition coefficient (Wildman–Crippen LogP) is 2.80. The predicted molar refractivity (Wildman–Crippen MR) is 73.3 cm³/mol. The maximum absolute atomic E-state index is 12.7. The van der Waals surface area contributed by atoms with E-state index in [0.717, 1.165) is 12.0 Å². The second-order valence-corrected chi connectivity index (χ2v) is 5.22. The van der Waals surface area contributed by atoms with E-state index in [2.05, 4.69) is 5.32 Å². The van der Waals surface area contributed by atoms with Gasteiger partial charge in [0.25, 0.3) is 6.43 Å². The van der Waals surface area contributed by atoms with Crippen molar-refractivity contribution >= 4 is 5.91 Å². The summed E-state index contributed by atoms with van der Waals surface area (Å²) in [6.07, 6.45) is -2.16. The van der Waals surface area contributed by atoms with Crippen molar-refractivity contribution in [2.75, 3.05) is 6.54 Å². The summed E-state index contributed by atoms with van der Waals surface area (Å²) in [5, 5.41) is 3.21. The van der Waals surface area contributed by atoms with Crippen molar-refractivity contribution < 1.29 is 13.6 Å². The van der Waals surface area contributed by atoms with Gasteiger partial charge in [-0.2, -0.15) is 0 Å². The average Bonchev–Trinajstić information content (AvgIpc) is 2.76. The van der Waals surface area contributed by atoms with E-state index in [-0.39, 0.29) is 17.9 Å². The van der Waals surface area contributed by atoms with Crippen molar-refractivity contribution in [3.8, 4) is 0 Å². The molecule has 0 bridgehead atoms. The van der Waals surface area contributed by atoms with Gasteiger partial charge in [0.15, 0.2) is 0 Å². The van der Waals surface area contributed by atoms with Gasteiger partial charge in [-0.05, 0) is 11.5 Å². The van der Waals surface area contributed by atoms with Crippen LogP contribution in [0.4, 0.5) is 8.78 Å². The molecule has 0 aliphatic carbocycles. The minimum atomic E-state index is -2.53. The number of nitrogens with one attached hydrogen (secondary N) is 1. The Labute approximate surface area is 118 Å². The molecule has 3 atom stereocenters. The number of carbonyl (C=O) groups excluding carboxylic acids is 1. The van der Waals surface area contributed by atoms with Gasteiger partial charge in [0.05, 0.1) is 12.6 Å². The Balaban J connectivity index is 2.26. The van der Waals surface area contributed by atoms with E-state index in [1.54, 1.807) is 0 Å². The number of halogens is 2. The van der Waals surface area contributed by atoms with E-state index in [9.17, 15) is 13.6 Å². The molecule has 3 unspecified atom stereocenters. The lowest BCUT2D eigenvalue weighted by molar-refractivity contribution is -0.132. The summed E-state index contributed by atoms with van der Waals surface area (Å²) in [4.78, 5) is 13.6. The van der Waals surface area contributed by atoms with Crippen molar-refractivity contribution in [3.05, 3.63) is 35.9 Å². The Hall–Kier alpha value is -1.49. The summed E-state index contributed by atoms with van der Waals surface area (Å²) < 4.78 is 25.5. The Morgan fingerprint density at radius 2 is 1.95 bits per heavy atom. The van der Waals surface area contributed by atoms with Crippen molar-refractivity contribution in [1.29, 1.82) is 0 Å². The average molecular weight is 282 g/mol. The van der Waals surface area contributed by atoms with Crippen molar-refractivity contribution in [3.63, 3.8) is 0 Å². The van der Waals surface area contributed by atoms with Gasteiger partial charge < -0.3 is 4.90 Å². The van der Waals surface area contributed by atoms with Crippen molar-refractivity contribution in [2.24, 2.45) is 5.92 Å². The zero-order valence-corrected chi connectivity index (χ0v) is 11.7. The number of rotatable bonds is 5. The van der Waals surface area contributed by atoms with Gasteiger partial charge in [-0.15, -0.1) is 0 Å². The van der Waals surface area contributed by atoms with Crippen LogP contribution in [0.2, 0.25) is 0 Å². The van der Waals surface area contributed by atoms with Crippen LogP contribution < -0.4 is 5.32 Å². The molecular formula is C15H20F2N2O. The third-order valence-corrected chi connectivity index (χ3v) is 3.86. The summed E-state index contributed by atoms with van der Waals surface area (Å²) in [5.41, 5.74) is 0.840. The maximum Gasteiger partial charge on any atom is 0.255 e. The van der Waals surface area contributed by atoms with Crippen LogP contribution in [-0.4, -0.2) is 29.8 Å². The standard InChI is InChI=1S/C15H20F2N2O/c1-3-10(2)13-15(20)19(9-12(16)17)14(18-13)11-7-5-4-6-8-11/h4-8,10,12-14,18H,3,9H2,1-2H3. The Bertz CT molecular complexity index is 452. The fraction of sp³-hybridized carbons (Fsp3) is 0.533. The number of amides is 1. The van der Waals surface area contributed by atoms with Gasteiger partial charge in [0, 0.05) is 0 Å². The normalized spacial score (nSPS) is 24.4. The summed E-state index contributed by atoms with van der Waals surface area (Å²) in [7, 11) is 0. The Morgan fingerprint density at radius 3 is 2.50 bits per heavy atom. The van der Waals surface area contributed by atoms with E-state index >= 15 is 0 Å². The lowest BCUT2D eigenvalue weighted by Crippen LogP contribution is -2.37. The molecule has 1 saturated heterocycles. The zero-order valence-electron chi connectivity index (χ0n) is 11.7. The first-order chi connectivity index (χ1) is 9.54. The molecule has 1 fully saturated rings. The molecule has 1 N–H and O–H groups in total. The summed E-state index contributed by atoms with van der Waals surface area (Å²) >= 11 is 0. The number of hydrogen-bond donors (Lipinski definition) is 1. The van der Waals surface area contributed by atoms with E-state index < -0.39 is 19.1 Å². The maximum atomic E-state index is 12.7. The minimum absolute atomic E-state index is 0.122. The third kappa shape index (κ3) is 2.98. The van der Waals surface area contributed by atoms with E-state index in [0.29, 0.717) is 0 Å². The highest BCUT2D eigenvalue weighted by Crippen LogP contribution is 2.29. The molecule has 20 heavy (non-hydrogen) atoms. The lowest BCUT2D eigenvalue weighted by Gasteiger charge is -2.24. The van der Waals surface area contributed by atoms with Crippen LogP contribution in [0.25, 0.3) is 0 Å². The minimum Gasteiger partial charge on any atom is -0.316 e. The lowest BCUT2D eigenvalue weighted by atomic mass is 9.99. The smallest absolute Gasteiger partial charge is 0.255 e. The first kappa shape index (κ1) is 14.9. The van der Waals surface area contributed by atoms with Crippen LogP contribution in [-0.2, 0) is 4.79 Å². The number of benzene rings is 1. The molecule has 1 amide bonds. The molecule has 0 saturated carbocycles. The molecule has 1 aliphatic heterocycles. The van der Waals surface area contributed by atoms with Crippen LogP contribution in [0.5, 0.6) is 0 Å². The Morgan fingerprint density at radius 1 is 1.30 bits per heavy atom. The van der Waals surface area contributed by atoms with Crippen LogP contribution in [0.3, 0.4) is 0 Å². The first-order valence-electron chi connectivity index (χ1n) is 6.94. The second kappa shape index (κ2) is 6.31. The molecule has 1 aromatic carbocycles.